The van der Waals surface area contributed by atoms with Crippen molar-refractivity contribution in [3.63, 3.8) is 0 Å². The molecular formula is C21H17BrClNO. The number of ketones is 1. The van der Waals surface area contributed by atoms with Crippen LogP contribution in [0.3, 0.4) is 0 Å². The van der Waals surface area contributed by atoms with Crippen LogP contribution in [0, 0.1) is 0 Å². The van der Waals surface area contributed by atoms with E-state index in [4.69, 9.17) is 11.6 Å². The Morgan fingerprint density at radius 2 is 1.68 bits per heavy atom. The second kappa shape index (κ2) is 8.32. The Balaban J connectivity index is 1.83. The summed E-state index contributed by atoms with van der Waals surface area (Å²) in [5, 5.41) is 4.10. The summed E-state index contributed by atoms with van der Waals surface area (Å²) in [6.07, 6.45) is 0.359. The zero-order chi connectivity index (χ0) is 17.6. The van der Waals surface area contributed by atoms with Crippen LogP contribution in [-0.2, 0) is 0 Å². The number of halogens is 2. The number of carbonyl (C=O) groups excluding carboxylic acids is 1. The highest BCUT2D eigenvalue weighted by Gasteiger charge is 2.17. The van der Waals surface area contributed by atoms with Crippen molar-refractivity contribution >= 4 is 39.0 Å². The molecule has 1 N–H and O–H groups in total. The quantitative estimate of drug-likeness (QED) is 0.465. The normalized spacial score (nSPS) is 11.8. The maximum atomic E-state index is 12.7. The van der Waals surface area contributed by atoms with Gasteiger partial charge in [0.05, 0.1) is 6.04 Å². The predicted octanol–water partition coefficient (Wildman–Crippen LogP) is 6.53. The number of benzene rings is 3. The van der Waals surface area contributed by atoms with Gasteiger partial charge in [-0.05, 0) is 35.9 Å². The summed E-state index contributed by atoms with van der Waals surface area (Å²) < 4.78 is 0.959. The Morgan fingerprint density at radius 3 is 2.36 bits per heavy atom. The van der Waals surface area contributed by atoms with Gasteiger partial charge >= 0.3 is 0 Å². The first kappa shape index (κ1) is 17.7. The molecular weight excluding hydrogens is 398 g/mol. The molecule has 4 heteroatoms. The summed E-state index contributed by atoms with van der Waals surface area (Å²) in [5.74, 6) is 0.0934. The molecule has 0 amide bonds. The topological polar surface area (TPSA) is 29.1 Å². The molecule has 0 spiro atoms. The Bertz CT molecular complexity index is 849. The molecule has 0 radical (unpaired) electrons. The second-order valence-corrected chi connectivity index (χ2v) is 7.10. The van der Waals surface area contributed by atoms with E-state index in [2.05, 4.69) is 21.2 Å². The Hall–Kier alpha value is -2.10. The molecule has 3 aromatic carbocycles. The number of Topliss-reactive ketones (excluding diaryl/α,β-unsaturated/α-hetero) is 1. The molecule has 2 nitrogen and oxygen atoms in total. The molecule has 25 heavy (non-hydrogen) atoms. The van der Waals surface area contributed by atoms with Crippen molar-refractivity contribution in [3.8, 4) is 0 Å². The maximum absolute atomic E-state index is 12.7. The first-order valence-electron chi connectivity index (χ1n) is 7.97. The van der Waals surface area contributed by atoms with Crippen LogP contribution in [-0.4, -0.2) is 5.78 Å². The van der Waals surface area contributed by atoms with Crippen LogP contribution in [0.25, 0.3) is 0 Å². The molecule has 0 bridgehead atoms. The Labute approximate surface area is 161 Å². The summed E-state index contributed by atoms with van der Waals surface area (Å²) in [6.45, 7) is 0. The molecule has 0 aliphatic carbocycles. The maximum Gasteiger partial charge on any atom is 0.165 e. The fourth-order valence-electron chi connectivity index (χ4n) is 2.66. The molecule has 0 saturated carbocycles. The Morgan fingerprint density at radius 1 is 0.960 bits per heavy atom. The zero-order valence-corrected chi connectivity index (χ0v) is 15.8. The van der Waals surface area contributed by atoms with Gasteiger partial charge in [0, 0.05) is 27.2 Å². The number of anilines is 1. The average Bonchev–Trinajstić information content (AvgIpc) is 2.62. The van der Waals surface area contributed by atoms with Crippen LogP contribution in [0.1, 0.15) is 28.4 Å². The number of hydrogen-bond donors (Lipinski definition) is 1. The SMILES string of the molecule is O=C(CC(Nc1cccc(Cl)c1)c1ccccc1)c1ccc(Br)cc1. The van der Waals surface area contributed by atoms with Gasteiger partial charge in [-0.15, -0.1) is 0 Å². The van der Waals surface area contributed by atoms with Crippen LogP contribution in [0.15, 0.2) is 83.3 Å². The van der Waals surface area contributed by atoms with Gasteiger partial charge in [0.1, 0.15) is 0 Å². The molecule has 0 saturated heterocycles. The standard InChI is InChI=1S/C21H17BrClNO/c22-17-11-9-16(10-12-17)21(25)14-20(15-5-2-1-3-6-15)24-19-8-4-7-18(23)13-19/h1-13,20,24H,14H2. The van der Waals surface area contributed by atoms with Crippen molar-refractivity contribution in [1.29, 1.82) is 0 Å². The van der Waals surface area contributed by atoms with E-state index in [1.807, 2.05) is 78.9 Å². The highest BCUT2D eigenvalue weighted by Crippen LogP contribution is 2.26. The summed E-state index contributed by atoms with van der Waals surface area (Å²) in [4.78, 5) is 12.7. The minimum Gasteiger partial charge on any atom is -0.378 e. The smallest absolute Gasteiger partial charge is 0.165 e. The molecule has 1 atom stereocenters. The third kappa shape index (κ3) is 4.94. The van der Waals surface area contributed by atoms with Crippen molar-refractivity contribution in [3.05, 3.63) is 99.5 Å². The lowest BCUT2D eigenvalue weighted by atomic mass is 9.97. The second-order valence-electron chi connectivity index (χ2n) is 5.75. The van der Waals surface area contributed by atoms with Gasteiger partial charge in [-0.25, -0.2) is 0 Å². The first-order valence-corrected chi connectivity index (χ1v) is 9.15. The molecule has 0 aliphatic rings. The molecule has 126 valence electrons. The van der Waals surface area contributed by atoms with Crippen molar-refractivity contribution in [2.24, 2.45) is 0 Å². The molecule has 1 unspecified atom stereocenters. The number of hydrogen-bond acceptors (Lipinski definition) is 2. The summed E-state index contributed by atoms with van der Waals surface area (Å²) in [7, 11) is 0. The average molecular weight is 415 g/mol. The van der Waals surface area contributed by atoms with Crippen molar-refractivity contribution in [1.82, 2.24) is 0 Å². The highest BCUT2D eigenvalue weighted by atomic mass is 79.9. The van der Waals surface area contributed by atoms with Gasteiger partial charge in [-0.3, -0.25) is 4.79 Å². The first-order chi connectivity index (χ1) is 12.1. The lowest BCUT2D eigenvalue weighted by molar-refractivity contribution is 0.0976. The van der Waals surface area contributed by atoms with E-state index < -0.39 is 0 Å². The van der Waals surface area contributed by atoms with Crippen molar-refractivity contribution in [2.45, 2.75) is 12.5 Å². The van der Waals surface area contributed by atoms with Gasteiger partial charge in [0.15, 0.2) is 5.78 Å². The number of carbonyl (C=O) groups is 1. The van der Waals surface area contributed by atoms with Gasteiger partial charge in [-0.2, -0.15) is 0 Å². The van der Waals surface area contributed by atoms with Crippen molar-refractivity contribution < 1.29 is 4.79 Å². The summed E-state index contributed by atoms with van der Waals surface area (Å²) >= 11 is 9.48. The third-order valence-electron chi connectivity index (χ3n) is 3.92. The van der Waals surface area contributed by atoms with E-state index in [-0.39, 0.29) is 11.8 Å². The third-order valence-corrected chi connectivity index (χ3v) is 4.69. The molecule has 0 aliphatic heterocycles. The molecule has 0 heterocycles. The monoisotopic (exact) mass is 413 g/mol. The van der Waals surface area contributed by atoms with Gasteiger partial charge in [0.25, 0.3) is 0 Å². The predicted molar refractivity (Wildman–Crippen MR) is 107 cm³/mol. The lowest BCUT2D eigenvalue weighted by Gasteiger charge is -2.20. The fraction of sp³-hybridized carbons (Fsp3) is 0.0952. The van der Waals surface area contributed by atoms with Crippen molar-refractivity contribution in [2.75, 3.05) is 5.32 Å². The molecule has 0 aromatic heterocycles. The van der Waals surface area contributed by atoms with Gasteiger partial charge < -0.3 is 5.32 Å². The van der Waals surface area contributed by atoms with Gasteiger partial charge in [0.2, 0.25) is 0 Å². The zero-order valence-electron chi connectivity index (χ0n) is 13.5. The van der Waals surface area contributed by atoms with Crippen LogP contribution < -0.4 is 5.32 Å². The van der Waals surface area contributed by atoms with E-state index in [1.165, 1.54) is 0 Å². The lowest BCUT2D eigenvalue weighted by Crippen LogP contribution is -2.15. The van der Waals surface area contributed by atoms with E-state index in [0.29, 0.717) is 17.0 Å². The minimum atomic E-state index is -0.129. The van der Waals surface area contributed by atoms with Crippen LogP contribution in [0.4, 0.5) is 5.69 Å². The van der Waals surface area contributed by atoms with Crippen LogP contribution in [0.5, 0.6) is 0 Å². The Kier molecular flexibility index (Phi) is 5.90. The van der Waals surface area contributed by atoms with E-state index in [0.717, 1.165) is 15.7 Å². The van der Waals surface area contributed by atoms with E-state index in [1.54, 1.807) is 0 Å². The van der Waals surface area contributed by atoms with Crippen LogP contribution >= 0.6 is 27.5 Å². The number of nitrogens with one attached hydrogen (secondary N) is 1. The summed E-state index contributed by atoms with van der Waals surface area (Å²) in [6, 6.07) is 24.8. The molecule has 0 fully saturated rings. The highest BCUT2D eigenvalue weighted by molar-refractivity contribution is 9.10. The molecule has 3 rings (SSSR count). The largest absolute Gasteiger partial charge is 0.378 e. The minimum absolute atomic E-state index is 0.0934. The van der Waals surface area contributed by atoms with E-state index in [9.17, 15) is 4.79 Å². The van der Waals surface area contributed by atoms with Crippen LogP contribution in [0.2, 0.25) is 5.02 Å². The molecule has 3 aromatic rings. The number of rotatable bonds is 6. The summed E-state index contributed by atoms with van der Waals surface area (Å²) in [5.41, 5.74) is 2.66. The van der Waals surface area contributed by atoms with E-state index >= 15 is 0 Å². The fourth-order valence-corrected chi connectivity index (χ4v) is 3.11. The van der Waals surface area contributed by atoms with Gasteiger partial charge in [-0.1, -0.05) is 76.1 Å².